The van der Waals surface area contributed by atoms with Crippen molar-refractivity contribution in [3.63, 3.8) is 0 Å². The second-order valence-electron chi connectivity index (χ2n) is 3.72. The summed E-state index contributed by atoms with van der Waals surface area (Å²) in [5.74, 6) is 1.10. The van der Waals surface area contributed by atoms with Crippen LogP contribution in [0.15, 0.2) is 59.5 Å². The second-order valence-corrected chi connectivity index (χ2v) is 6.19. The third-order valence-electron chi connectivity index (χ3n) is 2.44. The molecule has 0 bridgehead atoms. The van der Waals surface area contributed by atoms with Crippen LogP contribution in [0.4, 0.5) is 0 Å². The van der Waals surface area contributed by atoms with Crippen LogP contribution >= 0.6 is 11.6 Å². The molecule has 0 saturated carbocycles. The van der Waals surface area contributed by atoms with E-state index in [1.165, 1.54) is 10.5 Å². The highest BCUT2D eigenvalue weighted by atomic mass is 35.5. The fraction of sp³-hybridized carbons (Fsp3) is 0.143. The Hall–Kier alpha value is -0.920. The first kappa shape index (κ1) is 11.6. The van der Waals surface area contributed by atoms with E-state index in [0.717, 1.165) is 10.8 Å². The zero-order valence-corrected chi connectivity index (χ0v) is 10.8. The first-order chi connectivity index (χ1) is 7.75. The molecule has 82 valence electrons. The Labute approximate surface area is 105 Å². The minimum Gasteiger partial charge on any atom is -0.0843 e. The van der Waals surface area contributed by atoms with Gasteiger partial charge in [-0.15, -0.1) is 0 Å². The maximum Gasteiger partial charge on any atom is 0.155 e. The van der Waals surface area contributed by atoms with Gasteiger partial charge in [0, 0.05) is 21.5 Å². The lowest BCUT2D eigenvalue weighted by molar-refractivity contribution is 1.36. The van der Waals surface area contributed by atoms with Crippen LogP contribution in [-0.4, -0.2) is 6.26 Å². The predicted octanol–water partition coefficient (Wildman–Crippen LogP) is 4.15. The average molecular weight is 250 g/mol. The third kappa shape index (κ3) is 3.03. The molecular formula is C14H14ClS+. The smallest absolute Gasteiger partial charge is 0.0843 e. The molecule has 0 amide bonds. The van der Waals surface area contributed by atoms with E-state index >= 15 is 0 Å². The lowest BCUT2D eigenvalue weighted by Gasteiger charge is -2.03. The van der Waals surface area contributed by atoms with E-state index in [0.29, 0.717) is 0 Å². The van der Waals surface area contributed by atoms with E-state index in [-0.39, 0.29) is 10.9 Å². The molecule has 2 aromatic rings. The van der Waals surface area contributed by atoms with Gasteiger partial charge < -0.3 is 0 Å². The van der Waals surface area contributed by atoms with Gasteiger partial charge in [-0.2, -0.15) is 0 Å². The van der Waals surface area contributed by atoms with Crippen molar-refractivity contribution in [2.45, 2.75) is 10.6 Å². The standard InChI is InChI=1S/C14H14ClS/c1-16(11-12-5-3-2-4-6-12)14-9-7-13(15)8-10-14/h2-10H,11H2,1H3/q+1. The van der Waals surface area contributed by atoms with Gasteiger partial charge >= 0.3 is 0 Å². The van der Waals surface area contributed by atoms with Crippen LogP contribution < -0.4 is 0 Å². The molecule has 0 heterocycles. The first-order valence-corrected chi connectivity index (χ1v) is 7.36. The molecule has 1 unspecified atom stereocenters. The molecular weight excluding hydrogens is 236 g/mol. The van der Waals surface area contributed by atoms with Crippen molar-refractivity contribution in [3.05, 3.63) is 65.2 Å². The van der Waals surface area contributed by atoms with Crippen LogP contribution in [0.5, 0.6) is 0 Å². The Morgan fingerprint density at radius 3 is 2.19 bits per heavy atom. The van der Waals surface area contributed by atoms with Crippen molar-refractivity contribution in [2.24, 2.45) is 0 Å². The minimum absolute atomic E-state index is 0.249. The number of halogens is 1. The van der Waals surface area contributed by atoms with Gasteiger partial charge in [-0.25, -0.2) is 0 Å². The Bertz CT molecular complexity index is 436. The number of hydrogen-bond acceptors (Lipinski definition) is 0. The molecule has 0 aromatic heterocycles. The zero-order valence-electron chi connectivity index (χ0n) is 9.19. The first-order valence-electron chi connectivity index (χ1n) is 5.18. The summed E-state index contributed by atoms with van der Waals surface area (Å²) < 4.78 is 0. The van der Waals surface area contributed by atoms with Crippen LogP contribution in [0.2, 0.25) is 5.02 Å². The van der Waals surface area contributed by atoms with Gasteiger partial charge in [0.15, 0.2) is 4.90 Å². The summed E-state index contributed by atoms with van der Waals surface area (Å²) in [5, 5.41) is 0.806. The molecule has 0 spiro atoms. The van der Waals surface area contributed by atoms with E-state index in [4.69, 9.17) is 11.6 Å². The normalized spacial score (nSPS) is 12.4. The molecule has 2 rings (SSSR count). The minimum atomic E-state index is 0.249. The topological polar surface area (TPSA) is 0 Å². The largest absolute Gasteiger partial charge is 0.155 e. The van der Waals surface area contributed by atoms with Crippen molar-refractivity contribution in [1.82, 2.24) is 0 Å². The quantitative estimate of drug-likeness (QED) is 0.717. The highest BCUT2D eigenvalue weighted by Gasteiger charge is 2.15. The van der Waals surface area contributed by atoms with Gasteiger partial charge in [0.1, 0.15) is 12.0 Å². The van der Waals surface area contributed by atoms with Crippen LogP contribution in [0.25, 0.3) is 0 Å². The Morgan fingerprint density at radius 1 is 0.938 bits per heavy atom. The van der Waals surface area contributed by atoms with Crippen molar-refractivity contribution in [3.8, 4) is 0 Å². The molecule has 2 heteroatoms. The Morgan fingerprint density at radius 2 is 1.56 bits per heavy atom. The summed E-state index contributed by atoms with van der Waals surface area (Å²) in [6.45, 7) is 0. The highest BCUT2D eigenvalue weighted by Crippen LogP contribution is 2.18. The van der Waals surface area contributed by atoms with Gasteiger partial charge in [0.2, 0.25) is 0 Å². The fourth-order valence-corrected chi connectivity index (χ4v) is 3.16. The molecule has 0 aliphatic carbocycles. The van der Waals surface area contributed by atoms with Gasteiger partial charge in [-0.1, -0.05) is 41.9 Å². The van der Waals surface area contributed by atoms with Crippen molar-refractivity contribution >= 4 is 22.5 Å². The second kappa shape index (κ2) is 5.42. The molecule has 0 N–H and O–H groups in total. The van der Waals surface area contributed by atoms with Crippen LogP contribution in [0.3, 0.4) is 0 Å². The lowest BCUT2D eigenvalue weighted by Crippen LogP contribution is -2.03. The number of rotatable bonds is 3. The lowest BCUT2D eigenvalue weighted by atomic mass is 10.2. The summed E-state index contributed by atoms with van der Waals surface area (Å²) in [6, 6.07) is 18.8. The zero-order chi connectivity index (χ0) is 11.4. The average Bonchev–Trinajstić information content (AvgIpc) is 2.31. The summed E-state index contributed by atoms with van der Waals surface area (Å²) in [5.41, 5.74) is 1.39. The van der Waals surface area contributed by atoms with E-state index in [2.05, 4.69) is 48.7 Å². The third-order valence-corrected chi connectivity index (χ3v) is 4.54. The highest BCUT2D eigenvalue weighted by molar-refractivity contribution is 7.95. The van der Waals surface area contributed by atoms with Crippen LogP contribution in [-0.2, 0) is 16.6 Å². The SMILES string of the molecule is C[S+](Cc1ccccc1)c1ccc(Cl)cc1. The Kier molecular flexibility index (Phi) is 3.92. The molecule has 1 atom stereocenters. The van der Waals surface area contributed by atoms with Crippen molar-refractivity contribution < 1.29 is 0 Å². The molecule has 0 aliphatic heterocycles. The number of benzene rings is 2. The Balaban J connectivity index is 2.09. The summed E-state index contributed by atoms with van der Waals surface area (Å²) in [7, 11) is 0.249. The van der Waals surface area contributed by atoms with Gasteiger partial charge in [0.05, 0.1) is 0 Å². The van der Waals surface area contributed by atoms with Gasteiger partial charge in [0.25, 0.3) is 0 Å². The molecule has 0 radical (unpaired) electrons. The predicted molar refractivity (Wildman–Crippen MR) is 73.2 cm³/mol. The monoisotopic (exact) mass is 249 g/mol. The molecule has 16 heavy (non-hydrogen) atoms. The number of hydrogen-bond donors (Lipinski definition) is 0. The molecule has 0 fully saturated rings. The van der Waals surface area contributed by atoms with E-state index in [9.17, 15) is 0 Å². The molecule has 0 nitrogen and oxygen atoms in total. The van der Waals surface area contributed by atoms with E-state index < -0.39 is 0 Å². The van der Waals surface area contributed by atoms with Crippen LogP contribution in [0, 0.1) is 0 Å². The summed E-state index contributed by atoms with van der Waals surface area (Å²) in [4.78, 5) is 1.37. The van der Waals surface area contributed by atoms with Gasteiger partial charge in [-0.3, -0.25) is 0 Å². The van der Waals surface area contributed by atoms with Gasteiger partial charge in [-0.05, 0) is 24.3 Å². The van der Waals surface area contributed by atoms with Crippen molar-refractivity contribution in [1.29, 1.82) is 0 Å². The molecule has 2 aromatic carbocycles. The van der Waals surface area contributed by atoms with E-state index in [1.807, 2.05) is 12.1 Å². The maximum absolute atomic E-state index is 5.88. The summed E-state index contributed by atoms with van der Waals surface area (Å²) in [6.07, 6.45) is 2.27. The fourth-order valence-electron chi connectivity index (χ4n) is 1.57. The molecule has 0 aliphatic rings. The summed E-state index contributed by atoms with van der Waals surface area (Å²) >= 11 is 5.88. The van der Waals surface area contributed by atoms with E-state index in [1.54, 1.807) is 0 Å². The van der Waals surface area contributed by atoms with Crippen LogP contribution in [0.1, 0.15) is 5.56 Å². The van der Waals surface area contributed by atoms with Crippen molar-refractivity contribution in [2.75, 3.05) is 6.26 Å². The maximum atomic E-state index is 5.88. The molecule has 0 saturated heterocycles.